The highest BCUT2D eigenvalue weighted by atomic mass is 16.5. The van der Waals surface area contributed by atoms with Crippen molar-refractivity contribution in [2.24, 2.45) is 0 Å². The van der Waals surface area contributed by atoms with Gasteiger partial charge in [-0.1, -0.05) is 12.1 Å². The van der Waals surface area contributed by atoms with Crippen LogP contribution in [-0.4, -0.2) is 17.9 Å². The quantitative estimate of drug-likeness (QED) is 0.723. The zero-order valence-electron chi connectivity index (χ0n) is 9.57. The van der Waals surface area contributed by atoms with Gasteiger partial charge in [0, 0.05) is 16.6 Å². The van der Waals surface area contributed by atoms with E-state index in [1.807, 2.05) is 31.2 Å². The first-order valence-corrected chi connectivity index (χ1v) is 5.09. The van der Waals surface area contributed by atoms with Gasteiger partial charge in [0.25, 0.3) is 0 Å². The van der Waals surface area contributed by atoms with Gasteiger partial charge in [-0.05, 0) is 26.0 Å². The molecular formula is C13H13NO2. The van der Waals surface area contributed by atoms with Crippen LogP contribution in [0.15, 0.2) is 24.3 Å². The van der Waals surface area contributed by atoms with Crippen LogP contribution in [0.25, 0.3) is 10.9 Å². The topological polar surface area (TPSA) is 39.2 Å². The number of ketones is 1. The largest absolute Gasteiger partial charge is 0.494 e. The van der Waals surface area contributed by atoms with Crippen molar-refractivity contribution in [1.29, 1.82) is 0 Å². The van der Waals surface area contributed by atoms with Crippen molar-refractivity contribution in [2.75, 3.05) is 7.11 Å². The molecule has 0 N–H and O–H groups in total. The van der Waals surface area contributed by atoms with E-state index in [0.29, 0.717) is 11.3 Å². The summed E-state index contributed by atoms with van der Waals surface area (Å²) in [6.07, 6.45) is 0. The molecule has 16 heavy (non-hydrogen) atoms. The lowest BCUT2D eigenvalue weighted by Gasteiger charge is -2.08. The van der Waals surface area contributed by atoms with E-state index in [2.05, 4.69) is 4.98 Å². The van der Waals surface area contributed by atoms with Gasteiger partial charge in [0.2, 0.25) is 0 Å². The lowest BCUT2D eigenvalue weighted by atomic mass is 10.0. The van der Waals surface area contributed by atoms with Crippen molar-refractivity contribution >= 4 is 16.7 Å². The molecule has 0 atom stereocenters. The number of aryl methyl sites for hydroxylation is 1. The third-order valence-electron chi connectivity index (χ3n) is 2.53. The maximum atomic E-state index is 11.5. The second-order valence-electron chi connectivity index (χ2n) is 3.72. The fourth-order valence-corrected chi connectivity index (χ4v) is 1.81. The highest BCUT2D eigenvalue weighted by molar-refractivity contribution is 6.07. The van der Waals surface area contributed by atoms with E-state index < -0.39 is 0 Å². The second-order valence-corrected chi connectivity index (χ2v) is 3.72. The second kappa shape index (κ2) is 3.93. The maximum Gasteiger partial charge on any atom is 0.160 e. The summed E-state index contributed by atoms with van der Waals surface area (Å²) < 4.78 is 5.24. The molecule has 0 unspecified atom stereocenters. The van der Waals surface area contributed by atoms with Crippen LogP contribution in [0.5, 0.6) is 5.75 Å². The molecule has 2 aromatic rings. The molecule has 0 saturated carbocycles. The first kappa shape index (κ1) is 10.6. The molecule has 3 nitrogen and oxygen atoms in total. The minimum absolute atomic E-state index is 0.0451. The van der Waals surface area contributed by atoms with E-state index in [1.54, 1.807) is 14.0 Å². The Morgan fingerprint density at radius 1 is 1.38 bits per heavy atom. The van der Waals surface area contributed by atoms with Crippen LogP contribution in [0.3, 0.4) is 0 Å². The van der Waals surface area contributed by atoms with Gasteiger partial charge in [-0.2, -0.15) is 0 Å². The van der Waals surface area contributed by atoms with Gasteiger partial charge in [-0.25, -0.2) is 4.98 Å². The number of rotatable bonds is 2. The Kier molecular flexibility index (Phi) is 2.60. The smallest absolute Gasteiger partial charge is 0.160 e. The number of fused-ring (bicyclic) bond motifs is 1. The maximum absolute atomic E-state index is 11.5. The van der Waals surface area contributed by atoms with Crippen LogP contribution in [0.4, 0.5) is 0 Å². The van der Waals surface area contributed by atoms with Gasteiger partial charge in [0.15, 0.2) is 5.78 Å². The molecule has 0 saturated heterocycles. The summed E-state index contributed by atoms with van der Waals surface area (Å²) in [5.41, 5.74) is 2.26. The zero-order valence-corrected chi connectivity index (χ0v) is 9.57. The normalized spacial score (nSPS) is 10.4. The van der Waals surface area contributed by atoms with E-state index in [-0.39, 0.29) is 5.78 Å². The molecule has 0 bridgehead atoms. The molecule has 0 spiro atoms. The molecule has 0 aliphatic heterocycles. The van der Waals surface area contributed by atoms with Gasteiger partial charge in [0.05, 0.1) is 7.11 Å². The fraction of sp³-hybridized carbons (Fsp3) is 0.231. The third-order valence-corrected chi connectivity index (χ3v) is 2.53. The summed E-state index contributed by atoms with van der Waals surface area (Å²) in [5.74, 6) is 0.743. The van der Waals surface area contributed by atoms with E-state index in [0.717, 1.165) is 16.6 Å². The molecule has 82 valence electrons. The summed E-state index contributed by atoms with van der Waals surface area (Å²) in [5, 5.41) is 0.845. The minimum Gasteiger partial charge on any atom is -0.494 e. The van der Waals surface area contributed by atoms with Crippen LogP contribution < -0.4 is 4.74 Å². The summed E-state index contributed by atoms with van der Waals surface area (Å²) in [6.45, 7) is 3.44. The van der Waals surface area contributed by atoms with Crippen molar-refractivity contribution < 1.29 is 9.53 Å². The Morgan fingerprint density at radius 2 is 2.12 bits per heavy atom. The molecule has 0 fully saturated rings. The molecule has 3 heteroatoms. The lowest BCUT2D eigenvalue weighted by Crippen LogP contribution is -1.98. The number of ether oxygens (including phenoxy) is 1. The molecule has 1 heterocycles. The Morgan fingerprint density at radius 3 is 2.75 bits per heavy atom. The van der Waals surface area contributed by atoms with Crippen LogP contribution in [0.2, 0.25) is 0 Å². The number of para-hydroxylation sites is 1. The van der Waals surface area contributed by atoms with E-state index in [4.69, 9.17) is 4.74 Å². The van der Waals surface area contributed by atoms with Gasteiger partial charge in [-0.3, -0.25) is 4.79 Å². The molecular weight excluding hydrogens is 202 g/mol. The van der Waals surface area contributed by atoms with Crippen LogP contribution in [-0.2, 0) is 0 Å². The monoisotopic (exact) mass is 215 g/mol. The summed E-state index contributed by atoms with van der Waals surface area (Å²) in [4.78, 5) is 16.0. The summed E-state index contributed by atoms with van der Waals surface area (Å²) in [6, 6.07) is 7.41. The number of hydrogen-bond acceptors (Lipinski definition) is 3. The van der Waals surface area contributed by atoms with Crippen molar-refractivity contribution in [3.63, 3.8) is 0 Å². The first-order valence-electron chi connectivity index (χ1n) is 5.09. The number of carbonyl (C=O) groups excluding carboxylic acids is 1. The number of benzene rings is 1. The molecule has 1 aromatic heterocycles. The number of methoxy groups -OCH3 is 1. The van der Waals surface area contributed by atoms with Crippen molar-refractivity contribution in [3.8, 4) is 5.75 Å². The lowest BCUT2D eigenvalue weighted by molar-refractivity contribution is 0.101. The van der Waals surface area contributed by atoms with Crippen molar-refractivity contribution in [1.82, 2.24) is 4.98 Å². The molecule has 0 radical (unpaired) electrons. The number of nitrogens with zero attached hydrogens (tertiary/aromatic N) is 1. The first-order chi connectivity index (χ1) is 7.63. The number of Topliss-reactive ketones (excluding diaryl/α,β-unsaturated/α-hetero) is 1. The van der Waals surface area contributed by atoms with Gasteiger partial charge in [0.1, 0.15) is 11.3 Å². The third kappa shape index (κ3) is 1.65. The van der Waals surface area contributed by atoms with Crippen molar-refractivity contribution in [3.05, 3.63) is 35.5 Å². The molecule has 0 aliphatic rings. The van der Waals surface area contributed by atoms with Crippen molar-refractivity contribution in [2.45, 2.75) is 13.8 Å². The average Bonchev–Trinajstić information content (AvgIpc) is 2.27. The summed E-state index contributed by atoms with van der Waals surface area (Å²) >= 11 is 0. The number of carbonyl (C=O) groups is 1. The Hall–Kier alpha value is -1.90. The van der Waals surface area contributed by atoms with E-state index in [1.165, 1.54) is 0 Å². The van der Waals surface area contributed by atoms with Crippen LogP contribution >= 0.6 is 0 Å². The van der Waals surface area contributed by atoms with Crippen LogP contribution in [0.1, 0.15) is 23.0 Å². The standard InChI is InChI=1S/C13H13NO2/c1-8-7-11(9(2)15)10-5-4-6-12(16-3)13(10)14-8/h4-7H,1-3H3. The minimum atomic E-state index is 0.0451. The number of hydrogen-bond donors (Lipinski definition) is 0. The highest BCUT2D eigenvalue weighted by Gasteiger charge is 2.10. The fourth-order valence-electron chi connectivity index (χ4n) is 1.81. The molecule has 0 aliphatic carbocycles. The van der Waals surface area contributed by atoms with Gasteiger partial charge < -0.3 is 4.74 Å². The number of pyridine rings is 1. The van der Waals surface area contributed by atoms with E-state index in [9.17, 15) is 4.79 Å². The predicted molar refractivity (Wildman–Crippen MR) is 63.0 cm³/mol. The highest BCUT2D eigenvalue weighted by Crippen LogP contribution is 2.26. The molecule has 1 aromatic carbocycles. The van der Waals surface area contributed by atoms with E-state index >= 15 is 0 Å². The summed E-state index contributed by atoms with van der Waals surface area (Å²) in [7, 11) is 1.60. The molecule has 0 amide bonds. The van der Waals surface area contributed by atoms with Gasteiger partial charge in [-0.15, -0.1) is 0 Å². The molecule has 2 rings (SSSR count). The van der Waals surface area contributed by atoms with Crippen LogP contribution in [0, 0.1) is 6.92 Å². The Labute approximate surface area is 94.1 Å². The predicted octanol–water partition coefficient (Wildman–Crippen LogP) is 2.75. The average molecular weight is 215 g/mol. The Balaban J connectivity index is 2.88. The Bertz CT molecular complexity index is 561. The zero-order chi connectivity index (χ0) is 11.7. The van der Waals surface area contributed by atoms with Gasteiger partial charge >= 0.3 is 0 Å². The number of aromatic nitrogens is 1. The SMILES string of the molecule is COc1cccc2c(C(C)=O)cc(C)nc12.